The quantitative estimate of drug-likeness (QED) is 0.752. The highest BCUT2D eigenvalue weighted by atomic mass is 16.5. The molecule has 1 atom stereocenters. The Bertz CT molecular complexity index is 792. The van der Waals surface area contributed by atoms with E-state index >= 15 is 0 Å². The van der Waals surface area contributed by atoms with Crippen LogP contribution in [0, 0.1) is 0 Å². The van der Waals surface area contributed by atoms with E-state index in [9.17, 15) is 4.79 Å². The number of amides is 1. The number of pyridine rings is 1. The third kappa shape index (κ3) is 4.53. The van der Waals surface area contributed by atoms with Crippen molar-refractivity contribution in [1.82, 2.24) is 9.88 Å². The van der Waals surface area contributed by atoms with Crippen molar-refractivity contribution in [2.45, 2.75) is 37.8 Å². The fourth-order valence-corrected chi connectivity index (χ4v) is 4.47. The lowest BCUT2D eigenvalue weighted by Gasteiger charge is -2.39. The number of benzene rings is 1. The zero-order valence-electron chi connectivity index (χ0n) is 17.0. The highest BCUT2D eigenvalue weighted by Crippen LogP contribution is 2.38. The number of nitrogens with zero attached hydrogens (tertiary/aromatic N) is 3. The van der Waals surface area contributed by atoms with Crippen LogP contribution in [0.3, 0.4) is 0 Å². The molecular weight excluding hydrogens is 366 g/mol. The standard InChI is InChI=1S/C23H29N3O3/c1-2-26(19-7-4-3-5-8-19)20-15-23(29-17-20)10-13-25(14-11-23)22(27)18-28-21-9-6-12-24-16-21/h3-9,12,16,20H,2,10-11,13-15,17-18H2,1H3/t20-/m0/s1. The molecule has 3 heterocycles. The van der Waals surface area contributed by atoms with Crippen molar-refractivity contribution in [3.8, 4) is 5.75 Å². The van der Waals surface area contributed by atoms with Crippen LogP contribution in [0.2, 0.25) is 0 Å². The van der Waals surface area contributed by atoms with Crippen molar-refractivity contribution in [3.05, 3.63) is 54.9 Å². The van der Waals surface area contributed by atoms with Gasteiger partial charge in [-0.25, -0.2) is 0 Å². The zero-order valence-corrected chi connectivity index (χ0v) is 17.0. The minimum absolute atomic E-state index is 0.0257. The molecule has 154 valence electrons. The Hall–Kier alpha value is -2.60. The number of likely N-dealkylation sites (tertiary alicyclic amines) is 1. The molecule has 4 rings (SSSR count). The van der Waals surface area contributed by atoms with Gasteiger partial charge >= 0.3 is 0 Å². The molecule has 1 spiro atoms. The second-order valence-electron chi connectivity index (χ2n) is 7.83. The van der Waals surface area contributed by atoms with Gasteiger partial charge in [0.2, 0.25) is 0 Å². The molecule has 0 N–H and O–H groups in total. The molecule has 2 aliphatic rings. The van der Waals surface area contributed by atoms with E-state index in [1.807, 2.05) is 11.0 Å². The summed E-state index contributed by atoms with van der Waals surface area (Å²) in [6.45, 7) is 5.41. The summed E-state index contributed by atoms with van der Waals surface area (Å²) in [7, 11) is 0. The zero-order chi connectivity index (χ0) is 20.1. The van der Waals surface area contributed by atoms with Crippen molar-refractivity contribution >= 4 is 11.6 Å². The van der Waals surface area contributed by atoms with E-state index in [4.69, 9.17) is 9.47 Å². The van der Waals surface area contributed by atoms with Crippen molar-refractivity contribution in [3.63, 3.8) is 0 Å². The van der Waals surface area contributed by atoms with Gasteiger partial charge in [-0.1, -0.05) is 18.2 Å². The molecule has 1 aromatic carbocycles. The van der Waals surface area contributed by atoms with E-state index in [-0.39, 0.29) is 18.1 Å². The first-order valence-electron chi connectivity index (χ1n) is 10.5. The fraction of sp³-hybridized carbons (Fsp3) is 0.478. The molecular formula is C23H29N3O3. The smallest absolute Gasteiger partial charge is 0.260 e. The largest absolute Gasteiger partial charge is 0.482 e. The molecule has 2 fully saturated rings. The van der Waals surface area contributed by atoms with Crippen LogP contribution in [-0.4, -0.2) is 60.3 Å². The third-order valence-corrected chi connectivity index (χ3v) is 6.08. The van der Waals surface area contributed by atoms with Gasteiger partial charge in [0.05, 0.1) is 24.4 Å². The van der Waals surface area contributed by atoms with Crippen LogP contribution in [0.15, 0.2) is 54.9 Å². The fourth-order valence-electron chi connectivity index (χ4n) is 4.47. The van der Waals surface area contributed by atoms with Gasteiger partial charge in [0.25, 0.3) is 5.91 Å². The Balaban J connectivity index is 1.29. The Morgan fingerprint density at radius 3 is 2.72 bits per heavy atom. The maximum absolute atomic E-state index is 12.5. The van der Waals surface area contributed by atoms with E-state index in [0.29, 0.717) is 11.8 Å². The second-order valence-corrected chi connectivity index (χ2v) is 7.83. The average Bonchev–Trinajstić information content (AvgIpc) is 3.17. The minimum Gasteiger partial charge on any atom is -0.482 e. The molecule has 2 aliphatic heterocycles. The lowest BCUT2D eigenvalue weighted by atomic mass is 9.87. The first kappa shape index (κ1) is 19.7. The maximum Gasteiger partial charge on any atom is 0.260 e. The molecule has 6 nitrogen and oxygen atoms in total. The molecule has 0 saturated carbocycles. The van der Waals surface area contributed by atoms with E-state index in [1.54, 1.807) is 18.5 Å². The van der Waals surface area contributed by atoms with Crippen LogP contribution in [0.1, 0.15) is 26.2 Å². The Labute approximate surface area is 172 Å². The van der Waals surface area contributed by atoms with E-state index in [2.05, 4.69) is 47.1 Å². The molecule has 6 heteroatoms. The Kier molecular flexibility index (Phi) is 6.00. The van der Waals surface area contributed by atoms with Crippen molar-refractivity contribution < 1.29 is 14.3 Å². The summed E-state index contributed by atoms with van der Waals surface area (Å²) >= 11 is 0. The van der Waals surface area contributed by atoms with Crippen LogP contribution in [-0.2, 0) is 9.53 Å². The number of aromatic nitrogens is 1. The van der Waals surface area contributed by atoms with Crippen LogP contribution in [0.25, 0.3) is 0 Å². The van der Waals surface area contributed by atoms with Gasteiger partial charge in [0, 0.05) is 31.5 Å². The van der Waals surface area contributed by atoms with E-state index in [0.717, 1.165) is 45.5 Å². The molecule has 0 bridgehead atoms. The molecule has 2 aromatic rings. The third-order valence-electron chi connectivity index (χ3n) is 6.08. The van der Waals surface area contributed by atoms with E-state index < -0.39 is 0 Å². The number of likely N-dealkylation sites (N-methyl/N-ethyl adjacent to an activating group) is 1. The number of ether oxygens (including phenoxy) is 2. The SMILES string of the molecule is CCN(c1ccccc1)[C@@H]1COC2(CCN(C(=O)COc3cccnc3)CC2)C1. The second kappa shape index (κ2) is 8.82. The topological polar surface area (TPSA) is 54.9 Å². The average molecular weight is 396 g/mol. The number of hydrogen-bond acceptors (Lipinski definition) is 5. The lowest BCUT2D eigenvalue weighted by molar-refractivity contribution is -0.138. The van der Waals surface area contributed by atoms with Gasteiger partial charge in [-0.05, 0) is 50.5 Å². The Morgan fingerprint density at radius 2 is 2.03 bits per heavy atom. The van der Waals surface area contributed by atoms with Crippen LogP contribution >= 0.6 is 0 Å². The summed E-state index contributed by atoms with van der Waals surface area (Å²) in [4.78, 5) is 20.8. The predicted molar refractivity (Wildman–Crippen MR) is 112 cm³/mol. The van der Waals surface area contributed by atoms with Gasteiger partial charge in [-0.2, -0.15) is 0 Å². The number of piperidine rings is 1. The molecule has 0 unspecified atom stereocenters. The minimum atomic E-state index is -0.103. The number of anilines is 1. The normalized spacial score (nSPS) is 20.6. The molecule has 0 aliphatic carbocycles. The Morgan fingerprint density at radius 1 is 1.24 bits per heavy atom. The number of rotatable bonds is 6. The summed E-state index contributed by atoms with van der Waals surface area (Å²) < 4.78 is 11.9. The van der Waals surface area contributed by atoms with Gasteiger partial charge in [-0.3, -0.25) is 9.78 Å². The molecule has 1 aromatic heterocycles. The van der Waals surface area contributed by atoms with Crippen molar-refractivity contribution in [1.29, 1.82) is 0 Å². The summed E-state index contributed by atoms with van der Waals surface area (Å²) in [6.07, 6.45) is 6.09. The van der Waals surface area contributed by atoms with Crippen molar-refractivity contribution in [2.75, 3.05) is 37.7 Å². The van der Waals surface area contributed by atoms with Gasteiger partial charge in [-0.15, -0.1) is 0 Å². The van der Waals surface area contributed by atoms with Gasteiger partial charge in [0.15, 0.2) is 6.61 Å². The van der Waals surface area contributed by atoms with Gasteiger partial charge < -0.3 is 19.3 Å². The predicted octanol–water partition coefficient (Wildman–Crippen LogP) is 3.14. The summed E-state index contributed by atoms with van der Waals surface area (Å²) in [5.41, 5.74) is 1.15. The summed E-state index contributed by atoms with van der Waals surface area (Å²) in [5.74, 6) is 0.648. The molecule has 0 radical (unpaired) electrons. The first-order valence-corrected chi connectivity index (χ1v) is 10.5. The van der Waals surface area contributed by atoms with Crippen molar-refractivity contribution in [2.24, 2.45) is 0 Å². The molecule has 2 saturated heterocycles. The summed E-state index contributed by atoms with van der Waals surface area (Å²) in [5, 5.41) is 0. The number of para-hydroxylation sites is 1. The van der Waals surface area contributed by atoms with Gasteiger partial charge in [0.1, 0.15) is 5.75 Å². The highest BCUT2D eigenvalue weighted by molar-refractivity contribution is 5.77. The highest BCUT2D eigenvalue weighted by Gasteiger charge is 2.44. The van der Waals surface area contributed by atoms with Crippen LogP contribution < -0.4 is 9.64 Å². The molecule has 1 amide bonds. The number of hydrogen-bond donors (Lipinski definition) is 0. The number of carbonyl (C=O) groups is 1. The molecule has 29 heavy (non-hydrogen) atoms. The summed E-state index contributed by atoms with van der Waals surface area (Å²) in [6, 6.07) is 14.5. The number of carbonyl (C=O) groups excluding carboxylic acids is 1. The lowest BCUT2D eigenvalue weighted by Crippen LogP contribution is -2.48. The van der Waals surface area contributed by atoms with Crippen LogP contribution in [0.4, 0.5) is 5.69 Å². The maximum atomic E-state index is 12.5. The van der Waals surface area contributed by atoms with E-state index in [1.165, 1.54) is 5.69 Å². The first-order chi connectivity index (χ1) is 14.2. The monoisotopic (exact) mass is 395 g/mol. The van der Waals surface area contributed by atoms with Crippen LogP contribution in [0.5, 0.6) is 5.75 Å².